The summed E-state index contributed by atoms with van der Waals surface area (Å²) < 4.78 is 0. The van der Waals surface area contributed by atoms with Crippen molar-refractivity contribution in [3.05, 3.63) is 35.4 Å². The van der Waals surface area contributed by atoms with Gasteiger partial charge in [0, 0.05) is 35.6 Å². The Kier molecular flexibility index (Phi) is 4.32. The maximum Gasteiger partial charge on any atom is 0.129 e. The summed E-state index contributed by atoms with van der Waals surface area (Å²) in [4.78, 5) is 7.14. The standard InChI is InChI=1S/C17H22ClN3/c1-12(2)19-15-7-9-21(10-8-15)17-6-4-13-3-5-14(18)11-16(13)20-17/h3-6,11-12,15,19H,7-10H2,1-2H3. The first-order chi connectivity index (χ1) is 10.1. The van der Waals surface area contributed by atoms with Crippen LogP contribution in [0, 0.1) is 0 Å². The number of piperidine rings is 1. The fourth-order valence-corrected chi connectivity index (χ4v) is 3.17. The van der Waals surface area contributed by atoms with Gasteiger partial charge in [-0.2, -0.15) is 0 Å². The van der Waals surface area contributed by atoms with Crippen molar-refractivity contribution in [1.29, 1.82) is 0 Å². The first-order valence-electron chi connectivity index (χ1n) is 7.69. The normalized spacial score (nSPS) is 16.9. The molecule has 2 aromatic rings. The summed E-state index contributed by atoms with van der Waals surface area (Å²) in [5.74, 6) is 1.06. The lowest BCUT2D eigenvalue weighted by molar-refractivity contribution is 0.386. The minimum Gasteiger partial charge on any atom is -0.356 e. The lowest BCUT2D eigenvalue weighted by Gasteiger charge is -2.34. The Bertz CT molecular complexity index is 618. The van der Waals surface area contributed by atoms with Gasteiger partial charge in [-0.15, -0.1) is 0 Å². The molecule has 2 heterocycles. The van der Waals surface area contributed by atoms with Crippen LogP contribution in [0.3, 0.4) is 0 Å². The SMILES string of the molecule is CC(C)NC1CCN(c2ccc3ccc(Cl)cc3n2)CC1. The van der Waals surface area contributed by atoms with Crippen LogP contribution in [0.25, 0.3) is 10.9 Å². The van der Waals surface area contributed by atoms with Crippen LogP contribution >= 0.6 is 11.6 Å². The third kappa shape index (κ3) is 3.47. The van der Waals surface area contributed by atoms with Crippen LogP contribution in [0.1, 0.15) is 26.7 Å². The largest absolute Gasteiger partial charge is 0.356 e. The second kappa shape index (κ2) is 6.20. The highest BCUT2D eigenvalue weighted by Crippen LogP contribution is 2.23. The van der Waals surface area contributed by atoms with Crippen LogP contribution in [0.5, 0.6) is 0 Å². The van der Waals surface area contributed by atoms with Crippen LogP contribution in [-0.2, 0) is 0 Å². The van der Waals surface area contributed by atoms with Crippen molar-refractivity contribution in [3.8, 4) is 0 Å². The number of fused-ring (bicyclic) bond motifs is 1. The fourth-order valence-electron chi connectivity index (χ4n) is 3.00. The molecule has 0 unspecified atom stereocenters. The summed E-state index contributed by atoms with van der Waals surface area (Å²) in [6, 6.07) is 11.3. The van der Waals surface area contributed by atoms with Crippen molar-refractivity contribution < 1.29 is 0 Å². The van der Waals surface area contributed by atoms with E-state index in [0.717, 1.165) is 34.8 Å². The molecule has 0 saturated carbocycles. The van der Waals surface area contributed by atoms with Gasteiger partial charge in [-0.3, -0.25) is 0 Å². The average Bonchev–Trinajstić information content (AvgIpc) is 2.46. The minimum atomic E-state index is 0.558. The summed E-state index contributed by atoms with van der Waals surface area (Å²) in [6.45, 7) is 6.54. The van der Waals surface area contributed by atoms with Crippen LogP contribution in [0.2, 0.25) is 5.02 Å². The summed E-state index contributed by atoms with van der Waals surface area (Å²) in [5, 5.41) is 5.51. The number of hydrogen-bond donors (Lipinski definition) is 1. The van der Waals surface area contributed by atoms with Gasteiger partial charge >= 0.3 is 0 Å². The molecule has 112 valence electrons. The Labute approximate surface area is 131 Å². The van der Waals surface area contributed by atoms with E-state index in [4.69, 9.17) is 16.6 Å². The molecule has 4 heteroatoms. The molecule has 3 rings (SSSR count). The van der Waals surface area contributed by atoms with Crippen molar-refractivity contribution >= 4 is 28.3 Å². The highest BCUT2D eigenvalue weighted by atomic mass is 35.5. The molecule has 1 N–H and O–H groups in total. The fraction of sp³-hybridized carbons (Fsp3) is 0.471. The molecule has 1 fully saturated rings. The van der Waals surface area contributed by atoms with Crippen molar-refractivity contribution in [2.24, 2.45) is 0 Å². The smallest absolute Gasteiger partial charge is 0.129 e. The predicted octanol–water partition coefficient (Wildman–Crippen LogP) is 3.86. The summed E-state index contributed by atoms with van der Waals surface area (Å²) >= 11 is 6.06. The van der Waals surface area contributed by atoms with Gasteiger partial charge in [0.1, 0.15) is 5.82 Å². The molecule has 1 aliphatic heterocycles. The molecular weight excluding hydrogens is 282 g/mol. The van der Waals surface area contributed by atoms with E-state index in [9.17, 15) is 0 Å². The molecule has 1 aromatic carbocycles. The Balaban J connectivity index is 1.73. The van der Waals surface area contributed by atoms with E-state index < -0.39 is 0 Å². The van der Waals surface area contributed by atoms with Crippen molar-refractivity contribution in [2.75, 3.05) is 18.0 Å². The van der Waals surface area contributed by atoms with Gasteiger partial charge in [0.05, 0.1) is 5.52 Å². The molecule has 0 atom stereocenters. The minimum absolute atomic E-state index is 0.558. The number of benzene rings is 1. The predicted molar refractivity (Wildman–Crippen MR) is 90.3 cm³/mol. The topological polar surface area (TPSA) is 28.2 Å². The quantitative estimate of drug-likeness (QED) is 0.933. The molecule has 0 bridgehead atoms. The van der Waals surface area contributed by atoms with E-state index in [2.05, 4.69) is 36.2 Å². The second-order valence-corrected chi connectivity index (χ2v) is 6.53. The number of pyridine rings is 1. The molecule has 1 saturated heterocycles. The number of nitrogens with zero attached hydrogens (tertiary/aromatic N) is 2. The zero-order valence-electron chi connectivity index (χ0n) is 12.6. The lowest BCUT2D eigenvalue weighted by Crippen LogP contribution is -2.45. The third-order valence-electron chi connectivity index (χ3n) is 4.03. The Morgan fingerprint density at radius 1 is 1.19 bits per heavy atom. The molecule has 1 aromatic heterocycles. The van der Waals surface area contributed by atoms with E-state index in [-0.39, 0.29) is 0 Å². The number of rotatable bonds is 3. The van der Waals surface area contributed by atoms with Gasteiger partial charge in [-0.05, 0) is 37.1 Å². The molecule has 3 nitrogen and oxygen atoms in total. The highest BCUT2D eigenvalue weighted by molar-refractivity contribution is 6.31. The van der Waals surface area contributed by atoms with Crippen molar-refractivity contribution in [3.63, 3.8) is 0 Å². The van der Waals surface area contributed by atoms with Crippen LogP contribution in [0.4, 0.5) is 5.82 Å². The molecule has 1 aliphatic rings. The van der Waals surface area contributed by atoms with E-state index in [1.54, 1.807) is 0 Å². The summed E-state index contributed by atoms with van der Waals surface area (Å²) in [7, 11) is 0. The molecule has 0 aliphatic carbocycles. The maximum absolute atomic E-state index is 6.06. The zero-order valence-corrected chi connectivity index (χ0v) is 13.4. The first kappa shape index (κ1) is 14.6. The van der Waals surface area contributed by atoms with E-state index in [1.165, 1.54) is 12.8 Å². The number of hydrogen-bond acceptors (Lipinski definition) is 3. The number of aromatic nitrogens is 1. The number of anilines is 1. The van der Waals surface area contributed by atoms with Gasteiger partial charge in [0.2, 0.25) is 0 Å². The second-order valence-electron chi connectivity index (χ2n) is 6.09. The van der Waals surface area contributed by atoms with E-state index in [0.29, 0.717) is 12.1 Å². The zero-order chi connectivity index (χ0) is 14.8. The van der Waals surface area contributed by atoms with Crippen LogP contribution < -0.4 is 10.2 Å². The van der Waals surface area contributed by atoms with Gasteiger partial charge in [0.25, 0.3) is 0 Å². The average molecular weight is 304 g/mol. The number of halogens is 1. The van der Waals surface area contributed by atoms with Gasteiger partial charge < -0.3 is 10.2 Å². The van der Waals surface area contributed by atoms with E-state index in [1.807, 2.05) is 18.2 Å². The Hall–Kier alpha value is -1.32. The van der Waals surface area contributed by atoms with Crippen LogP contribution in [-0.4, -0.2) is 30.2 Å². The molecule has 0 radical (unpaired) electrons. The molecule has 0 spiro atoms. The van der Waals surface area contributed by atoms with Crippen molar-refractivity contribution in [2.45, 2.75) is 38.8 Å². The van der Waals surface area contributed by atoms with Crippen LogP contribution in [0.15, 0.2) is 30.3 Å². The third-order valence-corrected chi connectivity index (χ3v) is 4.26. The molecule has 21 heavy (non-hydrogen) atoms. The lowest BCUT2D eigenvalue weighted by atomic mass is 10.0. The van der Waals surface area contributed by atoms with Gasteiger partial charge in [-0.1, -0.05) is 31.5 Å². The van der Waals surface area contributed by atoms with Crippen molar-refractivity contribution in [1.82, 2.24) is 10.3 Å². The van der Waals surface area contributed by atoms with Gasteiger partial charge in [0.15, 0.2) is 0 Å². The van der Waals surface area contributed by atoms with E-state index >= 15 is 0 Å². The summed E-state index contributed by atoms with van der Waals surface area (Å²) in [5.41, 5.74) is 0.974. The molecule has 0 amide bonds. The highest BCUT2D eigenvalue weighted by Gasteiger charge is 2.20. The maximum atomic E-state index is 6.06. The molecular formula is C17H22ClN3. The summed E-state index contributed by atoms with van der Waals surface area (Å²) in [6.07, 6.45) is 2.35. The Morgan fingerprint density at radius 2 is 1.90 bits per heavy atom. The van der Waals surface area contributed by atoms with Gasteiger partial charge in [-0.25, -0.2) is 4.98 Å². The number of nitrogens with one attached hydrogen (secondary N) is 1. The Morgan fingerprint density at radius 3 is 2.62 bits per heavy atom. The first-order valence-corrected chi connectivity index (χ1v) is 8.07. The monoisotopic (exact) mass is 303 g/mol.